The zero-order valence-electron chi connectivity index (χ0n) is 14.7. The fourth-order valence-corrected chi connectivity index (χ4v) is 5.73. The number of hydrogen-bond donors (Lipinski definition) is 3. The van der Waals surface area contributed by atoms with Crippen LogP contribution in [0.2, 0.25) is 0 Å². The summed E-state index contributed by atoms with van der Waals surface area (Å²) < 4.78 is 28.7. The van der Waals surface area contributed by atoms with Crippen molar-refractivity contribution in [2.24, 2.45) is 0 Å². The van der Waals surface area contributed by atoms with Crippen LogP contribution in [0.15, 0.2) is 27.4 Å². The first-order chi connectivity index (χ1) is 12.4. The number of unbranched alkanes of at least 4 members (excludes halogenated alkanes) is 3. The van der Waals surface area contributed by atoms with Crippen molar-refractivity contribution in [2.45, 2.75) is 54.8 Å². The number of aromatic nitrogens is 1. The molecule has 0 fully saturated rings. The van der Waals surface area contributed by atoms with Crippen molar-refractivity contribution in [1.82, 2.24) is 15.2 Å². The van der Waals surface area contributed by atoms with Crippen LogP contribution in [0.1, 0.15) is 39.5 Å². The number of hydrogen-bond acceptors (Lipinski definition) is 7. The Balaban J connectivity index is 2.09. The largest absolute Gasteiger partial charge is 0.289 e. The van der Waals surface area contributed by atoms with Crippen LogP contribution in [0, 0.1) is 0 Å². The Morgan fingerprint density at radius 1 is 1.35 bits per heavy atom. The van der Waals surface area contributed by atoms with Gasteiger partial charge in [0.15, 0.2) is 4.34 Å². The Morgan fingerprint density at radius 2 is 2.12 bits per heavy atom. The first-order valence-electron chi connectivity index (χ1n) is 8.37. The number of thiazole rings is 1. The molecule has 0 radical (unpaired) electrons. The monoisotopic (exact) mass is 417 g/mol. The molecule has 1 unspecified atom stereocenters. The van der Waals surface area contributed by atoms with Gasteiger partial charge in [-0.15, -0.1) is 11.3 Å². The summed E-state index contributed by atoms with van der Waals surface area (Å²) in [6.45, 7) is 3.53. The summed E-state index contributed by atoms with van der Waals surface area (Å²) >= 11 is 3.15. The molecule has 1 amide bonds. The van der Waals surface area contributed by atoms with Gasteiger partial charge in [0, 0.05) is 5.75 Å². The molecule has 1 atom stereocenters. The number of rotatable bonds is 10. The number of nitrogens with zero attached hydrogens (tertiary/aromatic N) is 1. The van der Waals surface area contributed by atoms with Crippen molar-refractivity contribution < 1.29 is 18.4 Å². The predicted octanol–water partition coefficient (Wildman–Crippen LogP) is 3.14. The van der Waals surface area contributed by atoms with Crippen molar-refractivity contribution in [3.63, 3.8) is 0 Å². The van der Waals surface area contributed by atoms with Crippen LogP contribution in [-0.4, -0.2) is 36.3 Å². The fraction of sp³-hybridized carbons (Fsp3) is 0.500. The molecule has 0 saturated heterocycles. The lowest BCUT2D eigenvalue weighted by Crippen LogP contribution is -2.43. The van der Waals surface area contributed by atoms with E-state index in [9.17, 15) is 13.2 Å². The summed E-state index contributed by atoms with van der Waals surface area (Å²) in [6, 6.07) is 3.60. The standard InChI is InChI=1S/C16H23N3O4S3/c1-3-4-5-6-9-24-16-17-13-8-7-12(10-14(13)25-16)26(22,23)19-11(2)15(20)18-21/h7-8,10-11,19,21H,3-6,9H2,1-2H3,(H,18,20). The lowest BCUT2D eigenvalue weighted by atomic mass is 10.2. The zero-order valence-corrected chi connectivity index (χ0v) is 17.1. The molecule has 1 aromatic carbocycles. The maximum absolute atomic E-state index is 12.4. The molecule has 0 bridgehead atoms. The molecule has 1 heterocycles. The average Bonchev–Trinajstić information content (AvgIpc) is 3.02. The average molecular weight is 418 g/mol. The summed E-state index contributed by atoms with van der Waals surface area (Å²) in [4.78, 5) is 15.9. The molecule has 0 aliphatic carbocycles. The number of carbonyl (C=O) groups is 1. The molecule has 0 spiro atoms. The Hall–Kier alpha value is -1.20. The maximum atomic E-state index is 12.4. The molecule has 26 heavy (non-hydrogen) atoms. The topological polar surface area (TPSA) is 108 Å². The van der Waals surface area contributed by atoms with E-state index in [4.69, 9.17) is 5.21 Å². The highest BCUT2D eigenvalue weighted by molar-refractivity contribution is 8.01. The molecule has 1 aromatic heterocycles. The Morgan fingerprint density at radius 3 is 2.81 bits per heavy atom. The first-order valence-corrected chi connectivity index (χ1v) is 11.7. The van der Waals surface area contributed by atoms with E-state index in [-0.39, 0.29) is 4.90 Å². The van der Waals surface area contributed by atoms with Crippen LogP contribution in [0.3, 0.4) is 0 Å². The summed E-state index contributed by atoms with van der Waals surface area (Å²) in [5.74, 6) is 0.176. The van der Waals surface area contributed by atoms with Gasteiger partial charge in [-0.25, -0.2) is 18.9 Å². The molecule has 144 valence electrons. The van der Waals surface area contributed by atoms with Crippen LogP contribution < -0.4 is 10.2 Å². The van der Waals surface area contributed by atoms with Gasteiger partial charge in [-0.2, -0.15) is 4.72 Å². The highest BCUT2D eigenvalue weighted by Gasteiger charge is 2.22. The molecule has 0 aliphatic heterocycles. The van der Waals surface area contributed by atoms with Gasteiger partial charge in [0.2, 0.25) is 10.0 Å². The Bertz CT molecular complexity index is 852. The second-order valence-corrected chi connectivity index (χ2v) is 9.92. The van der Waals surface area contributed by atoms with Gasteiger partial charge in [0.05, 0.1) is 15.1 Å². The highest BCUT2D eigenvalue weighted by Crippen LogP contribution is 2.31. The van der Waals surface area contributed by atoms with E-state index in [2.05, 4.69) is 16.6 Å². The molecular weight excluding hydrogens is 394 g/mol. The molecule has 7 nitrogen and oxygen atoms in total. The summed E-state index contributed by atoms with van der Waals surface area (Å²) in [5.41, 5.74) is 2.18. The van der Waals surface area contributed by atoms with Crippen molar-refractivity contribution >= 4 is 49.2 Å². The third-order valence-corrected chi connectivity index (χ3v) is 7.50. The van der Waals surface area contributed by atoms with E-state index in [0.717, 1.165) is 26.7 Å². The third kappa shape index (κ3) is 5.65. The fourth-order valence-electron chi connectivity index (χ4n) is 2.25. The molecule has 2 aromatic rings. The smallest absolute Gasteiger partial charge is 0.261 e. The lowest BCUT2D eigenvalue weighted by Gasteiger charge is -2.12. The summed E-state index contributed by atoms with van der Waals surface area (Å²) in [7, 11) is -3.87. The number of hydroxylamine groups is 1. The van der Waals surface area contributed by atoms with Gasteiger partial charge in [0.1, 0.15) is 6.04 Å². The molecule has 10 heteroatoms. The summed E-state index contributed by atoms with van der Waals surface area (Å²) in [5, 5.41) is 8.59. The van der Waals surface area contributed by atoms with Crippen LogP contribution >= 0.6 is 23.1 Å². The SMILES string of the molecule is CCCCCCSc1nc2ccc(S(=O)(=O)NC(C)C(=O)NO)cc2s1. The predicted molar refractivity (Wildman–Crippen MR) is 104 cm³/mol. The minimum atomic E-state index is -3.87. The third-order valence-electron chi connectivity index (χ3n) is 3.71. The normalized spacial score (nSPS) is 13.0. The lowest BCUT2D eigenvalue weighted by molar-refractivity contribution is -0.130. The second-order valence-electron chi connectivity index (χ2n) is 5.84. The molecule has 0 aliphatic rings. The van der Waals surface area contributed by atoms with E-state index in [1.54, 1.807) is 23.9 Å². The van der Waals surface area contributed by atoms with Gasteiger partial charge >= 0.3 is 0 Å². The van der Waals surface area contributed by atoms with Gasteiger partial charge < -0.3 is 0 Å². The van der Waals surface area contributed by atoms with Crippen LogP contribution in [-0.2, 0) is 14.8 Å². The van der Waals surface area contributed by atoms with Gasteiger partial charge in [-0.1, -0.05) is 37.9 Å². The summed E-state index contributed by atoms with van der Waals surface area (Å²) in [6.07, 6.45) is 4.79. The number of carbonyl (C=O) groups excluding carboxylic acids is 1. The van der Waals surface area contributed by atoms with E-state index >= 15 is 0 Å². The van der Waals surface area contributed by atoms with Crippen molar-refractivity contribution in [3.8, 4) is 0 Å². The number of thioether (sulfide) groups is 1. The Kier molecular flexibility index (Phi) is 7.84. The van der Waals surface area contributed by atoms with E-state index in [1.165, 1.54) is 49.1 Å². The number of amides is 1. The van der Waals surface area contributed by atoms with E-state index < -0.39 is 22.0 Å². The molecule has 3 N–H and O–H groups in total. The minimum Gasteiger partial charge on any atom is -0.289 e. The molecule has 2 rings (SSSR count). The highest BCUT2D eigenvalue weighted by atomic mass is 32.2. The van der Waals surface area contributed by atoms with Crippen LogP contribution in [0.5, 0.6) is 0 Å². The quantitative estimate of drug-likeness (QED) is 0.237. The number of fused-ring (bicyclic) bond motifs is 1. The van der Waals surface area contributed by atoms with Crippen molar-refractivity contribution in [3.05, 3.63) is 18.2 Å². The van der Waals surface area contributed by atoms with Gasteiger partial charge in [-0.3, -0.25) is 10.0 Å². The maximum Gasteiger partial charge on any atom is 0.261 e. The number of benzene rings is 1. The van der Waals surface area contributed by atoms with E-state index in [0.29, 0.717) is 0 Å². The molecule has 0 saturated carbocycles. The number of nitrogens with one attached hydrogen (secondary N) is 2. The first kappa shape index (κ1) is 21.1. The van der Waals surface area contributed by atoms with Crippen LogP contribution in [0.25, 0.3) is 10.2 Å². The van der Waals surface area contributed by atoms with Gasteiger partial charge in [0.25, 0.3) is 5.91 Å². The van der Waals surface area contributed by atoms with Crippen molar-refractivity contribution in [2.75, 3.05) is 5.75 Å². The number of sulfonamides is 1. The Labute approximate surface area is 161 Å². The van der Waals surface area contributed by atoms with Crippen molar-refractivity contribution in [1.29, 1.82) is 0 Å². The van der Waals surface area contributed by atoms with Gasteiger partial charge in [-0.05, 0) is 31.5 Å². The molecular formula is C16H23N3O4S3. The van der Waals surface area contributed by atoms with Crippen LogP contribution in [0.4, 0.5) is 0 Å². The second kappa shape index (κ2) is 9.65. The minimum absolute atomic E-state index is 0.0609. The van der Waals surface area contributed by atoms with E-state index in [1.807, 2.05) is 0 Å². The zero-order chi connectivity index (χ0) is 19.2.